The molecule has 182 valence electrons. The largest absolute Gasteiger partial charge is 0.492 e. The van der Waals surface area contributed by atoms with Crippen LogP contribution in [-0.4, -0.2) is 53.3 Å². The summed E-state index contributed by atoms with van der Waals surface area (Å²) in [5.74, 6) is 0.296. The van der Waals surface area contributed by atoms with Crippen LogP contribution in [0.3, 0.4) is 0 Å². The van der Waals surface area contributed by atoms with Gasteiger partial charge in [0.05, 0.1) is 38.9 Å². The van der Waals surface area contributed by atoms with Gasteiger partial charge >= 0.3 is 5.97 Å². The highest BCUT2D eigenvalue weighted by molar-refractivity contribution is 7.91. The van der Waals surface area contributed by atoms with Gasteiger partial charge in [-0.05, 0) is 36.4 Å². The monoisotopic (exact) mass is 538 g/mol. The lowest BCUT2D eigenvalue weighted by Gasteiger charge is -2.16. The van der Waals surface area contributed by atoms with E-state index in [0.29, 0.717) is 19.0 Å². The van der Waals surface area contributed by atoms with Gasteiger partial charge in [0.15, 0.2) is 0 Å². The summed E-state index contributed by atoms with van der Waals surface area (Å²) in [4.78, 5) is 11.0. The fraction of sp³-hybridized carbons (Fsp3) is 0.409. The molecule has 33 heavy (non-hydrogen) atoms. The Hall–Kier alpha value is -1.71. The lowest BCUT2D eigenvalue weighted by Crippen LogP contribution is -2.25. The Morgan fingerprint density at radius 1 is 0.939 bits per heavy atom. The molecule has 2 aromatic carbocycles. The lowest BCUT2D eigenvalue weighted by molar-refractivity contribution is -0.146. The van der Waals surface area contributed by atoms with Crippen LogP contribution in [0.2, 0.25) is 10.0 Å². The van der Waals surface area contributed by atoms with Crippen molar-refractivity contribution in [2.24, 2.45) is 5.92 Å². The first kappa shape index (κ1) is 27.5. The van der Waals surface area contributed by atoms with Gasteiger partial charge in [-0.1, -0.05) is 30.1 Å². The van der Waals surface area contributed by atoms with Crippen LogP contribution in [0.1, 0.15) is 13.8 Å². The van der Waals surface area contributed by atoms with E-state index in [1.807, 2.05) is 6.92 Å². The molecule has 0 saturated carbocycles. The van der Waals surface area contributed by atoms with E-state index < -0.39 is 21.9 Å². The second-order valence-electron chi connectivity index (χ2n) is 7.26. The zero-order valence-corrected chi connectivity index (χ0v) is 21.4. The molecule has 0 aliphatic carbocycles. The molecule has 0 aliphatic rings. The summed E-state index contributed by atoms with van der Waals surface area (Å²) in [6, 6.07) is 8.32. The van der Waals surface area contributed by atoms with Crippen LogP contribution >= 0.6 is 34.8 Å². The summed E-state index contributed by atoms with van der Waals surface area (Å²) in [6.45, 7) is 4.09. The molecule has 0 heterocycles. The Morgan fingerprint density at radius 3 is 1.88 bits per heavy atom. The van der Waals surface area contributed by atoms with Crippen molar-refractivity contribution >= 4 is 50.6 Å². The molecule has 0 fully saturated rings. The molecule has 0 bridgehead atoms. The quantitative estimate of drug-likeness (QED) is 0.276. The lowest BCUT2D eigenvalue weighted by atomic mass is 10.2. The third-order valence-corrected chi connectivity index (χ3v) is 7.02. The molecule has 11 heteroatoms. The van der Waals surface area contributed by atoms with Gasteiger partial charge in [-0.15, -0.1) is 11.6 Å². The van der Waals surface area contributed by atoms with Gasteiger partial charge in [0, 0.05) is 20.0 Å². The van der Waals surface area contributed by atoms with Crippen LogP contribution in [0.15, 0.2) is 46.2 Å². The highest BCUT2D eigenvalue weighted by Gasteiger charge is 2.21. The average Bonchev–Trinajstić information content (AvgIpc) is 2.76. The standard InChI is InChI=1S/C22H25Cl3O7S/c1-14(11-29-3)12-30-21-6-4-17(8-19(21)24)33(27,28)18-5-7-22(20(25)9-18)31-13-16(10-23)32-15(2)26/h4-9,14,16H,10-13H2,1-3H3/t14-,16+/m0/s1. The number of carbonyl (C=O) groups excluding carboxylic acids is 1. The third kappa shape index (κ3) is 7.93. The SMILES string of the molecule is COC[C@H](C)COc1ccc(S(=O)(=O)c2ccc(OC[C@@H](CCl)OC(C)=O)c(Cl)c2)cc1Cl. The Balaban J connectivity index is 2.15. The Kier molecular flexibility index (Phi) is 10.6. The number of esters is 1. The van der Waals surface area contributed by atoms with Crippen molar-refractivity contribution in [3.8, 4) is 11.5 Å². The summed E-state index contributed by atoms with van der Waals surface area (Å²) in [7, 11) is -2.29. The van der Waals surface area contributed by atoms with Crippen LogP contribution in [0.4, 0.5) is 0 Å². The number of ether oxygens (including phenoxy) is 4. The number of sulfone groups is 1. The predicted octanol–water partition coefficient (Wildman–Crippen LogP) is 5.04. The summed E-state index contributed by atoms with van der Waals surface area (Å²) in [5.41, 5.74) is 0. The molecule has 2 aromatic rings. The van der Waals surface area contributed by atoms with Crippen molar-refractivity contribution in [2.75, 3.05) is 32.8 Å². The fourth-order valence-corrected chi connectivity index (χ4v) is 4.82. The zero-order chi connectivity index (χ0) is 24.6. The molecular formula is C22H25Cl3O7S. The summed E-state index contributed by atoms with van der Waals surface area (Å²) in [6.07, 6.45) is -0.663. The van der Waals surface area contributed by atoms with E-state index in [0.717, 1.165) is 0 Å². The molecule has 0 saturated heterocycles. The molecule has 0 amide bonds. The maximum atomic E-state index is 13.1. The molecule has 0 unspecified atom stereocenters. The maximum Gasteiger partial charge on any atom is 0.303 e. The number of halogens is 3. The minimum atomic E-state index is -3.90. The molecule has 0 N–H and O–H groups in total. The zero-order valence-electron chi connectivity index (χ0n) is 18.3. The molecule has 7 nitrogen and oxygen atoms in total. The minimum Gasteiger partial charge on any atom is -0.492 e. The van der Waals surface area contributed by atoms with Crippen LogP contribution in [0, 0.1) is 5.92 Å². The minimum absolute atomic E-state index is 0.00779. The van der Waals surface area contributed by atoms with Crippen molar-refractivity contribution in [3.63, 3.8) is 0 Å². The summed E-state index contributed by atoms with van der Waals surface area (Å²) < 4.78 is 47.4. The predicted molar refractivity (Wildman–Crippen MR) is 127 cm³/mol. The number of hydrogen-bond acceptors (Lipinski definition) is 7. The molecule has 0 aliphatic heterocycles. The van der Waals surface area contributed by atoms with Crippen LogP contribution < -0.4 is 9.47 Å². The first-order valence-electron chi connectivity index (χ1n) is 9.90. The first-order valence-corrected chi connectivity index (χ1v) is 12.7. The van der Waals surface area contributed by atoms with E-state index in [9.17, 15) is 13.2 Å². The van der Waals surface area contributed by atoms with Crippen LogP contribution in [0.5, 0.6) is 11.5 Å². The maximum absolute atomic E-state index is 13.1. The molecular weight excluding hydrogens is 515 g/mol. The van der Waals surface area contributed by atoms with Gasteiger partial charge in [0.2, 0.25) is 9.84 Å². The van der Waals surface area contributed by atoms with Crippen molar-refractivity contribution in [1.29, 1.82) is 0 Å². The number of hydrogen-bond donors (Lipinski definition) is 0. The van der Waals surface area contributed by atoms with Gasteiger partial charge in [0.25, 0.3) is 0 Å². The summed E-state index contributed by atoms with van der Waals surface area (Å²) in [5, 5.41) is 0.245. The van der Waals surface area contributed by atoms with E-state index in [-0.39, 0.29) is 44.0 Å². The molecule has 2 rings (SSSR count). The van der Waals surface area contributed by atoms with Crippen molar-refractivity contribution in [3.05, 3.63) is 46.4 Å². The Morgan fingerprint density at radius 2 is 1.45 bits per heavy atom. The topological polar surface area (TPSA) is 88.1 Å². The van der Waals surface area contributed by atoms with Crippen LogP contribution in [-0.2, 0) is 24.1 Å². The second-order valence-corrected chi connectivity index (χ2v) is 10.3. The number of rotatable bonds is 12. The fourth-order valence-electron chi connectivity index (χ4n) is 2.76. The Labute approximate surface area is 208 Å². The first-order chi connectivity index (χ1) is 15.6. The Bertz CT molecular complexity index is 1060. The van der Waals surface area contributed by atoms with Crippen LogP contribution in [0.25, 0.3) is 0 Å². The molecule has 0 radical (unpaired) electrons. The van der Waals surface area contributed by atoms with E-state index >= 15 is 0 Å². The van der Waals surface area contributed by atoms with E-state index in [1.54, 1.807) is 7.11 Å². The second kappa shape index (κ2) is 12.7. The normalized spacial score (nSPS) is 13.3. The molecule has 0 spiro atoms. The van der Waals surface area contributed by atoms with E-state index in [1.165, 1.54) is 43.3 Å². The highest BCUT2D eigenvalue weighted by atomic mass is 35.5. The van der Waals surface area contributed by atoms with E-state index in [2.05, 4.69) is 0 Å². The molecule has 0 aromatic heterocycles. The van der Waals surface area contributed by atoms with Gasteiger partial charge in [-0.25, -0.2) is 8.42 Å². The van der Waals surface area contributed by atoms with Gasteiger partial charge in [-0.2, -0.15) is 0 Å². The van der Waals surface area contributed by atoms with Crippen molar-refractivity contribution in [2.45, 2.75) is 29.7 Å². The van der Waals surface area contributed by atoms with Gasteiger partial charge < -0.3 is 18.9 Å². The number of methoxy groups -OCH3 is 1. The average molecular weight is 540 g/mol. The number of alkyl halides is 1. The number of carbonyl (C=O) groups is 1. The number of benzene rings is 2. The van der Waals surface area contributed by atoms with Crippen molar-refractivity contribution < 1.29 is 32.2 Å². The van der Waals surface area contributed by atoms with Crippen molar-refractivity contribution in [1.82, 2.24) is 0 Å². The van der Waals surface area contributed by atoms with Gasteiger partial charge in [0.1, 0.15) is 24.2 Å². The highest BCUT2D eigenvalue weighted by Crippen LogP contribution is 2.33. The van der Waals surface area contributed by atoms with Gasteiger partial charge in [-0.3, -0.25) is 4.79 Å². The molecule has 2 atom stereocenters. The van der Waals surface area contributed by atoms with E-state index in [4.69, 9.17) is 53.8 Å². The third-order valence-electron chi connectivity index (χ3n) is 4.33. The summed E-state index contributed by atoms with van der Waals surface area (Å²) >= 11 is 18.2. The smallest absolute Gasteiger partial charge is 0.303 e.